The van der Waals surface area contributed by atoms with Gasteiger partial charge in [0.05, 0.1) is 30.7 Å². The number of piperidine rings is 1. The summed E-state index contributed by atoms with van der Waals surface area (Å²) in [6, 6.07) is 28.5. The zero-order chi connectivity index (χ0) is 32.3. The second kappa shape index (κ2) is 13.3. The number of aromatic nitrogens is 3. The Morgan fingerprint density at radius 1 is 0.872 bits per heavy atom. The van der Waals surface area contributed by atoms with Crippen LogP contribution in [0.3, 0.4) is 0 Å². The normalized spacial score (nSPS) is 13.8. The minimum atomic E-state index is -0.0857. The minimum Gasteiger partial charge on any atom is -0.444 e. The van der Waals surface area contributed by atoms with Crippen LogP contribution in [0.2, 0.25) is 0 Å². The van der Waals surface area contributed by atoms with Crippen molar-refractivity contribution in [2.24, 2.45) is 5.92 Å². The first-order valence-corrected chi connectivity index (χ1v) is 16.3. The van der Waals surface area contributed by atoms with Crippen LogP contribution in [0.4, 0.5) is 0 Å². The number of nitrogens with zero attached hydrogens (tertiary/aromatic N) is 5. The molecule has 0 spiro atoms. The monoisotopic (exact) mass is 626 g/mol. The van der Waals surface area contributed by atoms with Crippen molar-refractivity contribution in [2.45, 2.75) is 25.9 Å². The lowest BCUT2D eigenvalue weighted by Gasteiger charge is -2.32. The van der Waals surface area contributed by atoms with E-state index in [2.05, 4.69) is 56.7 Å². The minimum absolute atomic E-state index is 0.0857. The summed E-state index contributed by atoms with van der Waals surface area (Å²) in [6.45, 7) is 3.42. The SMILES string of the molecule is CN(CC[OH2+])C(=O)c1cn(Cc2cncn2CC2CCN(C(=O)c3ccc4ccccc4c3)CC2)cc1-c1cccc2ccccc12. The maximum absolute atomic E-state index is 13.6. The van der Waals surface area contributed by atoms with Gasteiger partial charge in [0.1, 0.15) is 0 Å². The van der Waals surface area contributed by atoms with Crippen LogP contribution >= 0.6 is 0 Å². The summed E-state index contributed by atoms with van der Waals surface area (Å²) in [5.41, 5.74) is 4.35. The Kier molecular flexibility index (Phi) is 8.59. The van der Waals surface area contributed by atoms with E-state index in [0.29, 0.717) is 24.6 Å². The molecule has 2 aromatic heterocycles. The van der Waals surface area contributed by atoms with Crippen molar-refractivity contribution in [1.82, 2.24) is 23.9 Å². The highest BCUT2D eigenvalue weighted by molar-refractivity contribution is 6.06. The molecule has 6 aromatic rings. The van der Waals surface area contributed by atoms with Gasteiger partial charge >= 0.3 is 0 Å². The molecule has 0 saturated carbocycles. The van der Waals surface area contributed by atoms with E-state index in [4.69, 9.17) is 5.11 Å². The van der Waals surface area contributed by atoms with Gasteiger partial charge in [0.2, 0.25) is 0 Å². The first kappa shape index (κ1) is 30.4. The summed E-state index contributed by atoms with van der Waals surface area (Å²) in [7, 11) is 1.76. The second-order valence-electron chi connectivity index (χ2n) is 12.6. The summed E-state index contributed by atoms with van der Waals surface area (Å²) in [5, 5.41) is 12.1. The first-order valence-electron chi connectivity index (χ1n) is 16.3. The predicted octanol–water partition coefficient (Wildman–Crippen LogP) is 6.06. The van der Waals surface area contributed by atoms with Crippen LogP contribution in [0, 0.1) is 5.92 Å². The maximum atomic E-state index is 13.6. The number of carbonyl (C=O) groups is 2. The molecule has 8 nitrogen and oxygen atoms in total. The number of rotatable bonds is 9. The van der Waals surface area contributed by atoms with E-state index < -0.39 is 0 Å². The fraction of sp³-hybridized carbons (Fsp3) is 0.256. The van der Waals surface area contributed by atoms with Crippen LogP contribution in [-0.4, -0.2) is 74.1 Å². The second-order valence-corrected chi connectivity index (χ2v) is 12.6. The number of hydrogen-bond acceptors (Lipinski definition) is 3. The zero-order valence-corrected chi connectivity index (χ0v) is 26.7. The Balaban J connectivity index is 1.07. The van der Waals surface area contributed by atoms with E-state index in [0.717, 1.165) is 76.4 Å². The fourth-order valence-electron chi connectivity index (χ4n) is 6.85. The Morgan fingerprint density at radius 2 is 1.62 bits per heavy atom. The third-order valence-electron chi connectivity index (χ3n) is 9.48. The molecule has 8 heteroatoms. The van der Waals surface area contributed by atoms with E-state index in [1.54, 1.807) is 11.9 Å². The van der Waals surface area contributed by atoms with Crippen LogP contribution in [0.15, 0.2) is 110 Å². The summed E-state index contributed by atoms with van der Waals surface area (Å²) >= 11 is 0. The van der Waals surface area contributed by atoms with Crippen LogP contribution in [-0.2, 0) is 13.1 Å². The van der Waals surface area contributed by atoms with Crippen molar-refractivity contribution < 1.29 is 14.7 Å². The quantitative estimate of drug-likeness (QED) is 0.183. The van der Waals surface area contributed by atoms with Gasteiger partial charge in [0, 0.05) is 56.4 Å². The van der Waals surface area contributed by atoms with E-state index in [1.165, 1.54) is 0 Å². The van der Waals surface area contributed by atoms with E-state index in [-0.39, 0.29) is 18.4 Å². The first-order chi connectivity index (χ1) is 23.0. The highest BCUT2D eigenvalue weighted by Crippen LogP contribution is 2.33. The van der Waals surface area contributed by atoms with Crippen LogP contribution in [0.25, 0.3) is 32.7 Å². The molecule has 7 rings (SSSR count). The maximum Gasteiger partial charge on any atom is 0.256 e. The van der Waals surface area contributed by atoms with Gasteiger partial charge in [-0.3, -0.25) is 9.59 Å². The number of imidazole rings is 1. The molecular weight excluding hydrogens is 586 g/mol. The Morgan fingerprint density at radius 3 is 2.43 bits per heavy atom. The molecule has 4 aromatic carbocycles. The molecule has 0 atom stereocenters. The molecule has 0 unspecified atom stereocenters. The van der Waals surface area contributed by atoms with Gasteiger partial charge in [-0.2, -0.15) is 0 Å². The molecule has 0 aliphatic carbocycles. The number of benzene rings is 4. The van der Waals surface area contributed by atoms with Gasteiger partial charge in [-0.25, -0.2) is 4.98 Å². The molecule has 238 valence electrons. The van der Waals surface area contributed by atoms with Crippen LogP contribution in [0.5, 0.6) is 0 Å². The van der Waals surface area contributed by atoms with Crippen molar-refractivity contribution in [3.8, 4) is 11.1 Å². The standard InChI is InChI=1S/C39H39N5O3/c1-41(19-20-45)39(47)37-26-42(25-36(37)35-12-6-10-30-8-4-5-11-34(30)35)24-33-22-40-27-44(33)23-28-15-17-43(18-16-28)38(46)32-14-13-29-7-2-3-9-31(29)21-32/h2-14,21-22,25-28,45H,15-20,23-24H2,1H3/p+1. The zero-order valence-electron chi connectivity index (χ0n) is 26.7. The van der Waals surface area contributed by atoms with Crippen molar-refractivity contribution in [3.63, 3.8) is 0 Å². The topological polar surface area (TPSA) is 86.3 Å². The number of carbonyl (C=O) groups excluding carboxylic acids is 2. The lowest BCUT2D eigenvalue weighted by molar-refractivity contribution is 0.0682. The lowest BCUT2D eigenvalue weighted by atomic mass is 9.96. The molecule has 1 aliphatic rings. The number of hydrogen-bond donors (Lipinski definition) is 0. The number of fused-ring (bicyclic) bond motifs is 2. The molecule has 1 saturated heterocycles. The predicted molar refractivity (Wildman–Crippen MR) is 187 cm³/mol. The Labute approximate surface area is 274 Å². The van der Waals surface area contributed by atoms with Gasteiger partial charge in [-0.15, -0.1) is 0 Å². The molecule has 1 aliphatic heterocycles. The fourth-order valence-corrected chi connectivity index (χ4v) is 6.85. The van der Waals surface area contributed by atoms with Gasteiger partial charge in [-0.1, -0.05) is 72.8 Å². The molecule has 3 heterocycles. The van der Waals surface area contributed by atoms with Gasteiger partial charge in [-0.05, 0) is 58.0 Å². The molecule has 2 N–H and O–H groups in total. The lowest BCUT2D eigenvalue weighted by Crippen LogP contribution is -2.39. The number of likely N-dealkylation sites (tertiary alicyclic amines) is 1. The molecular formula is C39H40N5O3+. The van der Waals surface area contributed by atoms with Crippen molar-refractivity contribution in [2.75, 3.05) is 33.3 Å². The third kappa shape index (κ3) is 6.29. The number of likely N-dealkylation sites (N-methyl/N-ethyl adjacent to an activating group) is 1. The summed E-state index contributed by atoms with van der Waals surface area (Å²) in [4.78, 5) is 35.1. The van der Waals surface area contributed by atoms with Gasteiger partial charge in [0.15, 0.2) is 6.61 Å². The van der Waals surface area contributed by atoms with Gasteiger partial charge in [0.25, 0.3) is 11.8 Å². The van der Waals surface area contributed by atoms with E-state index in [1.807, 2.05) is 72.2 Å². The summed E-state index contributed by atoms with van der Waals surface area (Å²) in [6.07, 6.45) is 9.68. The van der Waals surface area contributed by atoms with Crippen LogP contribution < -0.4 is 0 Å². The smallest absolute Gasteiger partial charge is 0.256 e. The third-order valence-corrected chi connectivity index (χ3v) is 9.48. The largest absolute Gasteiger partial charge is 0.444 e. The molecule has 0 radical (unpaired) electrons. The number of amides is 2. The Hall–Kier alpha value is -5.21. The summed E-state index contributed by atoms with van der Waals surface area (Å²) in [5.74, 6) is 0.457. The molecule has 1 fully saturated rings. The highest BCUT2D eigenvalue weighted by Gasteiger charge is 2.25. The van der Waals surface area contributed by atoms with Gasteiger partial charge < -0.3 is 24.0 Å². The average molecular weight is 627 g/mol. The van der Waals surface area contributed by atoms with Crippen molar-refractivity contribution >= 4 is 33.4 Å². The average Bonchev–Trinajstić information content (AvgIpc) is 3.74. The highest BCUT2D eigenvalue weighted by atomic mass is 16.3. The van der Waals surface area contributed by atoms with Crippen molar-refractivity contribution in [3.05, 3.63) is 127 Å². The van der Waals surface area contributed by atoms with Crippen molar-refractivity contribution in [1.29, 1.82) is 0 Å². The van der Waals surface area contributed by atoms with E-state index in [9.17, 15) is 9.59 Å². The molecule has 2 amide bonds. The molecule has 0 bridgehead atoms. The van der Waals surface area contributed by atoms with Crippen LogP contribution in [0.1, 0.15) is 39.3 Å². The molecule has 47 heavy (non-hydrogen) atoms. The Bertz CT molecular complexity index is 2050. The van der Waals surface area contributed by atoms with E-state index >= 15 is 0 Å². The summed E-state index contributed by atoms with van der Waals surface area (Å²) < 4.78 is 4.30.